The molecule has 0 amide bonds. The van der Waals surface area contributed by atoms with E-state index >= 15 is 0 Å². The maximum atomic E-state index is 10.0. The maximum Gasteiger partial charge on any atom is 0.162 e. The van der Waals surface area contributed by atoms with Crippen LogP contribution in [0.25, 0.3) is 0 Å². The number of nitrogens with zero attached hydrogens (tertiary/aromatic N) is 1. The third-order valence-corrected chi connectivity index (χ3v) is 2.72. The van der Waals surface area contributed by atoms with Gasteiger partial charge in [0.25, 0.3) is 0 Å². The molecule has 1 aromatic carbocycles. The highest BCUT2D eigenvalue weighted by Gasteiger charge is 2.26. The summed E-state index contributed by atoms with van der Waals surface area (Å²) in [6.07, 6.45) is 0. The fourth-order valence-electron chi connectivity index (χ4n) is 1.55. The highest BCUT2D eigenvalue weighted by molar-refractivity contribution is 5.53. The summed E-state index contributed by atoms with van der Waals surface area (Å²) in [4.78, 5) is 0. The molecule has 0 unspecified atom stereocenters. The second-order valence-corrected chi connectivity index (χ2v) is 5.07. The Balaban J connectivity index is 3.38. The number of aromatic hydroxyl groups is 1. The van der Waals surface area contributed by atoms with Gasteiger partial charge in [-0.15, -0.1) is 0 Å². The fraction of sp³-hybridized carbons (Fsp3) is 0.462. The molecule has 0 fully saturated rings. The fourth-order valence-corrected chi connectivity index (χ4v) is 1.55. The van der Waals surface area contributed by atoms with E-state index in [0.717, 1.165) is 0 Å². The molecule has 4 nitrogen and oxygen atoms in total. The Morgan fingerprint density at radius 1 is 1.41 bits per heavy atom. The van der Waals surface area contributed by atoms with Gasteiger partial charge < -0.3 is 15.6 Å². The average Bonchev–Trinajstić information content (AvgIpc) is 2.27. The maximum absolute atomic E-state index is 10.0. The topological polar surface area (TPSA) is 79.3 Å². The summed E-state index contributed by atoms with van der Waals surface area (Å²) in [6, 6.07) is 4.76. The van der Waals surface area contributed by atoms with Crippen LogP contribution in [0, 0.1) is 16.7 Å². The minimum absolute atomic E-state index is 0.00826. The molecule has 0 aliphatic carbocycles. The lowest BCUT2D eigenvalue weighted by molar-refractivity contribution is 0.310. The van der Waals surface area contributed by atoms with Crippen molar-refractivity contribution in [2.45, 2.75) is 26.8 Å². The van der Waals surface area contributed by atoms with E-state index in [4.69, 9.17) is 15.7 Å². The van der Waals surface area contributed by atoms with Gasteiger partial charge in [-0.2, -0.15) is 5.26 Å². The van der Waals surface area contributed by atoms with E-state index in [9.17, 15) is 5.11 Å². The Bertz CT molecular complexity index is 456. The van der Waals surface area contributed by atoms with Crippen LogP contribution < -0.4 is 10.5 Å². The second-order valence-electron chi connectivity index (χ2n) is 5.07. The molecule has 1 atom stereocenters. The number of nitrogens with two attached hydrogens (primary N) is 1. The molecular formula is C13H18N2O2. The molecule has 0 radical (unpaired) electrons. The first kappa shape index (κ1) is 13.3. The van der Waals surface area contributed by atoms with E-state index in [1.165, 1.54) is 13.2 Å². The van der Waals surface area contributed by atoms with Gasteiger partial charge in [-0.1, -0.05) is 20.8 Å². The molecule has 17 heavy (non-hydrogen) atoms. The molecule has 0 spiro atoms. The predicted octanol–water partition coefficient (Wildman–Crippen LogP) is 2.32. The van der Waals surface area contributed by atoms with Crippen molar-refractivity contribution in [3.05, 3.63) is 23.3 Å². The summed E-state index contributed by atoms with van der Waals surface area (Å²) in [5, 5.41) is 19.0. The summed E-state index contributed by atoms with van der Waals surface area (Å²) in [5.41, 5.74) is 6.84. The molecule has 0 saturated carbocycles. The van der Waals surface area contributed by atoms with Crippen molar-refractivity contribution in [2.75, 3.05) is 7.11 Å². The number of phenolic OH excluding ortho intramolecular Hbond substituents is 1. The van der Waals surface area contributed by atoms with Crippen LogP contribution >= 0.6 is 0 Å². The lowest BCUT2D eigenvalue weighted by Crippen LogP contribution is -2.26. The van der Waals surface area contributed by atoms with Crippen molar-refractivity contribution >= 4 is 0 Å². The largest absolute Gasteiger partial charge is 0.504 e. The Labute approximate surface area is 102 Å². The number of hydrogen-bond acceptors (Lipinski definition) is 4. The molecule has 0 bridgehead atoms. The Morgan fingerprint density at radius 3 is 2.41 bits per heavy atom. The monoisotopic (exact) mass is 234 g/mol. The van der Waals surface area contributed by atoms with Crippen molar-refractivity contribution in [1.82, 2.24) is 0 Å². The van der Waals surface area contributed by atoms with Crippen molar-refractivity contribution in [3.8, 4) is 17.6 Å². The first-order valence-corrected chi connectivity index (χ1v) is 5.37. The van der Waals surface area contributed by atoms with Gasteiger partial charge in [-0.25, -0.2) is 0 Å². The van der Waals surface area contributed by atoms with E-state index in [1.54, 1.807) is 6.07 Å². The number of benzene rings is 1. The van der Waals surface area contributed by atoms with Crippen LogP contribution in [-0.4, -0.2) is 12.2 Å². The predicted molar refractivity (Wildman–Crippen MR) is 65.8 cm³/mol. The van der Waals surface area contributed by atoms with Gasteiger partial charge in [0.15, 0.2) is 11.5 Å². The van der Waals surface area contributed by atoms with Crippen molar-refractivity contribution in [2.24, 2.45) is 11.1 Å². The minimum atomic E-state index is -0.371. The van der Waals surface area contributed by atoms with Gasteiger partial charge >= 0.3 is 0 Å². The summed E-state index contributed by atoms with van der Waals surface area (Å²) in [7, 11) is 1.45. The van der Waals surface area contributed by atoms with Gasteiger partial charge in [-0.3, -0.25) is 0 Å². The van der Waals surface area contributed by atoms with E-state index in [1.807, 2.05) is 26.8 Å². The third-order valence-electron chi connectivity index (χ3n) is 2.72. The number of hydrogen-bond donors (Lipinski definition) is 2. The van der Waals surface area contributed by atoms with Crippen LogP contribution in [0.2, 0.25) is 0 Å². The van der Waals surface area contributed by atoms with Crippen LogP contribution in [0.3, 0.4) is 0 Å². The molecule has 92 valence electrons. The molecule has 3 N–H and O–H groups in total. The molecular weight excluding hydrogens is 216 g/mol. The first-order chi connectivity index (χ1) is 7.81. The Hall–Kier alpha value is -1.73. The Morgan fingerprint density at radius 2 is 2.00 bits per heavy atom. The highest BCUT2D eigenvalue weighted by Crippen LogP contribution is 2.40. The van der Waals surface area contributed by atoms with Gasteiger partial charge in [0.2, 0.25) is 0 Å². The molecule has 0 aliphatic rings. The van der Waals surface area contributed by atoms with Crippen molar-refractivity contribution < 1.29 is 9.84 Å². The third kappa shape index (κ3) is 2.69. The lowest BCUT2D eigenvalue weighted by atomic mass is 9.82. The standard InChI is InChI=1S/C13H18N2O2/c1-13(2,3)12(15)9-5-8(7-14)6-10(17-4)11(9)16/h5-6,12,16H,15H2,1-4H3/t12-/m0/s1. The zero-order chi connectivity index (χ0) is 13.2. The van der Waals surface area contributed by atoms with E-state index < -0.39 is 0 Å². The van der Waals surface area contributed by atoms with Crippen LogP contribution in [0.15, 0.2) is 12.1 Å². The van der Waals surface area contributed by atoms with Crippen molar-refractivity contribution in [1.29, 1.82) is 5.26 Å². The Kier molecular flexibility index (Phi) is 3.64. The normalized spacial score (nSPS) is 12.9. The van der Waals surface area contributed by atoms with Crippen LogP contribution in [0.1, 0.15) is 37.9 Å². The van der Waals surface area contributed by atoms with Crippen LogP contribution in [0.4, 0.5) is 0 Å². The van der Waals surface area contributed by atoms with E-state index in [2.05, 4.69) is 0 Å². The summed E-state index contributed by atoms with van der Waals surface area (Å²) < 4.78 is 5.03. The minimum Gasteiger partial charge on any atom is -0.504 e. The molecule has 0 heterocycles. The first-order valence-electron chi connectivity index (χ1n) is 5.37. The molecule has 0 saturated heterocycles. The number of phenols is 1. The summed E-state index contributed by atoms with van der Waals surface area (Å²) in [6.45, 7) is 5.92. The molecule has 0 aliphatic heterocycles. The van der Waals surface area contributed by atoms with Crippen LogP contribution in [0.5, 0.6) is 11.5 Å². The molecule has 4 heteroatoms. The quantitative estimate of drug-likeness (QED) is 0.823. The van der Waals surface area contributed by atoms with Gasteiger partial charge in [-0.05, 0) is 11.5 Å². The van der Waals surface area contributed by atoms with E-state index in [0.29, 0.717) is 11.1 Å². The SMILES string of the molecule is COc1cc(C#N)cc([C@H](N)C(C)(C)C)c1O. The lowest BCUT2D eigenvalue weighted by Gasteiger charge is -2.28. The summed E-state index contributed by atoms with van der Waals surface area (Å²) >= 11 is 0. The average molecular weight is 234 g/mol. The highest BCUT2D eigenvalue weighted by atomic mass is 16.5. The van der Waals surface area contributed by atoms with Crippen LogP contribution in [-0.2, 0) is 0 Å². The summed E-state index contributed by atoms with van der Waals surface area (Å²) in [5.74, 6) is 0.285. The number of ether oxygens (including phenoxy) is 1. The van der Waals surface area contributed by atoms with Gasteiger partial charge in [0, 0.05) is 17.7 Å². The number of rotatable bonds is 2. The molecule has 1 aromatic rings. The smallest absolute Gasteiger partial charge is 0.162 e. The van der Waals surface area contributed by atoms with Gasteiger partial charge in [0.05, 0.1) is 18.7 Å². The molecule has 0 aromatic heterocycles. The number of methoxy groups -OCH3 is 1. The van der Waals surface area contributed by atoms with Gasteiger partial charge in [0.1, 0.15) is 0 Å². The zero-order valence-electron chi connectivity index (χ0n) is 10.6. The number of nitriles is 1. The second kappa shape index (κ2) is 4.64. The van der Waals surface area contributed by atoms with E-state index in [-0.39, 0.29) is 23.0 Å². The molecule has 1 rings (SSSR count). The van der Waals surface area contributed by atoms with Crippen molar-refractivity contribution in [3.63, 3.8) is 0 Å². The zero-order valence-corrected chi connectivity index (χ0v) is 10.6.